The van der Waals surface area contributed by atoms with E-state index in [1.807, 2.05) is 6.92 Å². The van der Waals surface area contributed by atoms with E-state index in [4.69, 9.17) is 4.74 Å². The van der Waals surface area contributed by atoms with Crippen molar-refractivity contribution in [2.24, 2.45) is 0 Å². The molecule has 0 aromatic heterocycles. The lowest BCUT2D eigenvalue weighted by atomic mass is 10.1. The van der Waals surface area contributed by atoms with Gasteiger partial charge >= 0.3 is 6.18 Å². The molecule has 2 aromatic rings. The van der Waals surface area contributed by atoms with Crippen LogP contribution in [0.15, 0.2) is 42.5 Å². The standard InChI is InChI=1S/C16H14F3NO2/c1-10-6-7-11(8-14(10)22-2)15(21)20-13-5-3-4-12(9-13)16(17,18)19/h3-9H,1-2H3,(H,20,21). The molecule has 0 saturated heterocycles. The van der Waals surface area contributed by atoms with Crippen molar-refractivity contribution in [1.29, 1.82) is 0 Å². The molecule has 0 aliphatic carbocycles. The first-order valence-corrected chi connectivity index (χ1v) is 6.44. The highest BCUT2D eigenvalue weighted by atomic mass is 19.4. The maximum absolute atomic E-state index is 12.6. The number of halogens is 3. The maximum atomic E-state index is 12.6. The average molecular weight is 309 g/mol. The molecule has 0 spiro atoms. The van der Waals surface area contributed by atoms with Crippen molar-refractivity contribution < 1.29 is 22.7 Å². The SMILES string of the molecule is COc1cc(C(=O)Nc2cccc(C(F)(F)F)c2)ccc1C. The molecule has 1 N–H and O–H groups in total. The van der Waals surface area contributed by atoms with E-state index in [0.717, 1.165) is 17.7 Å². The number of benzene rings is 2. The van der Waals surface area contributed by atoms with Crippen LogP contribution in [-0.2, 0) is 6.18 Å². The molecule has 0 bridgehead atoms. The first-order chi connectivity index (χ1) is 10.3. The van der Waals surface area contributed by atoms with Gasteiger partial charge in [-0.3, -0.25) is 4.79 Å². The van der Waals surface area contributed by atoms with Gasteiger partial charge < -0.3 is 10.1 Å². The van der Waals surface area contributed by atoms with E-state index in [-0.39, 0.29) is 5.69 Å². The van der Waals surface area contributed by atoms with Crippen LogP contribution in [-0.4, -0.2) is 13.0 Å². The largest absolute Gasteiger partial charge is 0.496 e. The van der Waals surface area contributed by atoms with Gasteiger partial charge in [-0.05, 0) is 42.8 Å². The van der Waals surface area contributed by atoms with Crippen LogP contribution in [0, 0.1) is 6.92 Å². The quantitative estimate of drug-likeness (QED) is 0.919. The lowest BCUT2D eigenvalue weighted by molar-refractivity contribution is -0.137. The Kier molecular flexibility index (Phi) is 4.40. The van der Waals surface area contributed by atoms with Gasteiger partial charge in [-0.1, -0.05) is 12.1 Å². The number of carbonyl (C=O) groups excluding carboxylic acids is 1. The summed E-state index contributed by atoms with van der Waals surface area (Å²) in [5, 5.41) is 2.45. The molecule has 0 fully saturated rings. The van der Waals surface area contributed by atoms with Gasteiger partial charge in [-0.2, -0.15) is 13.2 Å². The zero-order chi connectivity index (χ0) is 16.3. The van der Waals surface area contributed by atoms with E-state index >= 15 is 0 Å². The molecule has 0 atom stereocenters. The van der Waals surface area contributed by atoms with Crippen molar-refractivity contribution in [3.8, 4) is 5.75 Å². The topological polar surface area (TPSA) is 38.3 Å². The monoisotopic (exact) mass is 309 g/mol. The Morgan fingerprint density at radius 3 is 2.50 bits per heavy atom. The molecular weight excluding hydrogens is 295 g/mol. The number of alkyl halides is 3. The smallest absolute Gasteiger partial charge is 0.416 e. The van der Waals surface area contributed by atoms with Crippen molar-refractivity contribution in [3.63, 3.8) is 0 Å². The number of nitrogens with one attached hydrogen (secondary N) is 1. The predicted octanol–water partition coefficient (Wildman–Crippen LogP) is 4.27. The molecule has 0 saturated carbocycles. The average Bonchev–Trinajstić information content (AvgIpc) is 2.47. The fourth-order valence-corrected chi connectivity index (χ4v) is 1.94. The summed E-state index contributed by atoms with van der Waals surface area (Å²) in [7, 11) is 1.48. The second-order valence-corrected chi connectivity index (χ2v) is 4.72. The number of methoxy groups -OCH3 is 1. The molecule has 2 rings (SSSR count). The van der Waals surface area contributed by atoms with Crippen molar-refractivity contribution in [3.05, 3.63) is 59.2 Å². The van der Waals surface area contributed by atoms with E-state index < -0.39 is 17.6 Å². The number of anilines is 1. The van der Waals surface area contributed by atoms with Gasteiger partial charge in [-0.25, -0.2) is 0 Å². The molecule has 2 aromatic carbocycles. The molecule has 0 unspecified atom stereocenters. The molecule has 0 aliphatic rings. The van der Waals surface area contributed by atoms with E-state index in [1.165, 1.54) is 25.3 Å². The Morgan fingerprint density at radius 2 is 1.86 bits per heavy atom. The highest BCUT2D eigenvalue weighted by molar-refractivity contribution is 6.04. The summed E-state index contributed by atoms with van der Waals surface area (Å²) in [4.78, 5) is 12.1. The molecule has 6 heteroatoms. The second kappa shape index (κ2) is 6.09. The summed E-state index contributed by atoms with van der Waals surface area (Å²) in [6.45, 7) is 1.83. The van der Waals surface area contributed by atoms with Crippen LogP contribution in [0.3, 0.4) is 0 Å². The lowest BCUT2D eigenvalue weighted by Gasteiger charge is -2.11. The summed E-state index contributed by atoms with van der Waals surface area (Å²) < 4.78 is 43.0. The Hall–Kier alpha value is -2.50. The predicted molar refractivity (Wildman–Crippen MR) is 77.1 cm³/mol. The van der Waals surface area contributed by atoms with E-state index in [0.29, 0.717) is 11.3 Å². The van der Waals surface area contributed by atoms with Crippen molar-refractivity contribution >= 4 is 11.6 Å². The van der Waals surface area contributed by atoms with E-state index in [9.17, 15) is 18.0 Å². The number of hydrogen-bond acceptors (Lipinski definition) is 2. The third-order valence-corrected chi connectivity index (χ3v) is 3.12. The van der Waals surface area contributed by atoms with Crippen LogP contribution in [0.1, 0.15) is 21.5 Å². The number of ether oxygens (including phenoxy) is 1. The Labute approximate surface area is 125 Å². The number of carbonyl (C=O) groups is 1. The van der Waals surface area contributed by atoms with E-state index in [2.05, 4.69) is 5.32 Å². The van der Waals surface area contributed by atoms with Crippen LogP contribution in [0.25, 0.3) is 0 Å². The van der Waals surface area contributed by atoms with Gasteiger partial charge in [0.15, 0.2) is 0 Å². The van der Waals surface area contributed by atoms with Gasteiger partial charge in [0, 0.05) is 11.3 Å². The summed E-state index contributed by atoms with van der Waals surface area (Å²) in [5.41, 5.74) is 0.434. The highest BCUT2D eigenvalue weighted by Gasteiger charge is 2.30. The van der Waals surface area contributed by atoms with Gasteiger partial charge in [0.2, 0.25) is 0 Å². The molecule has 1 amide bonds. The highest BCUT2D eigenvalue weighted by Crippen LogP contribution is 2.30. The maximum Gasteiger partial charge on any atom is 0.416 e. The number of amides is 1. The van der Waals surface area contributed by atoms with Crippen LogP contribution in [0.2, 0.25) is 0 Å². The Morgan fingerprint density at radius 1 is 1.14 bits per heavy atom. The summed E-state index contributed by atoms with van der Waals surface area (Å²) in [5.74, 6) is 0.0364. The molecule has 3 nitrogen and oxygen atoms in total. The van der Waals surface area contributed by atoms with Gasteiger partial charge in [0.05, 0.1) is 12.7 Å². The minimum absolute atomic E-state index is 0.0827. The third-order valence-electron chi connectivity index (χ3n) is 3.12. The molecular formula is C16H14F3NO2. The van der Waals surface area contributed by atoms with Crippen molar-refractivity contribution in [1.82, 2.24) is 0 Å². The minimum atomic E-state index is -4.45. The Balaban J connectivity index is 2.22. The third kappa shape index (κ3) is 3.58. The second-order valence-electron chi connectivity index (χ2n) is 4.72. The molecule has 0 aliphatic heterocycles. The first kappa shape index (κ1) is 15.9. The van der Waals surface area contributed by atoms with E-state index in [1.54, 1.807) is 12.1 Å². The summed E-state index contributed by atoms with van der Waals surface area (Å²) in [6, 6.07) is 9.32. The lowest BCUT2D eigenvalue weighted by Crippen LogP contribution is -2.13. The molecule has 22 heavy (non-hydrogen) atoms. The fourth-order valence-electron chi connectivity index (χ4n) is 1.94. The molecule has 0 radical (unpaired) electrons. The molecule has 116 valence electrons. The number of rotatable bonds is 3. The Bertz CT molecular complexity index is 696. The van der Waals surface area contributed by atoms with Crippen LogP contribution in [0.4, 0.5) is 18.9 Å². The zero-order valence-electron chi connectivity index (χ0n) is 12.0. The van der Waals surface area contributed by atoms with Crippen LogP contribution >= 0.6 is 0 Å². The van der Waals surface area contributed by atoms with Crippen molar-refractivity contribution in [2.75, 3.05) is 12.4 Å². The zero-order valence-corrected chi connectivity index (χ0v) is 12.0. The minimum Gasteiger partial charge on any atom is -0.496 e. The summed E-state index contributed by atoms with van der Waals surface area (Å²) >= 11 is 0. The normalized spacial score (nSPS) is 11.1. The van der Waals surface area contributed by atoms with Gasteiger partial charge in [0.1, 0.15) is 5.75 Å². The fraction of sp³-hybridized carbons (Fsp3) is 0.188. The summed E-state index contributed by atoms with van der Waals surface area (Å²) in [6.07, 6.45) is -4.45. The number of aryl methyl sites for hydroxylation is 1. The first-order valence-electron chi connectivity index (χ1n) is 6.44. The van der Waals surface area contributed by atoms with Crippen LogP contribution in [0.5, 0.6) is 5.75 Å². The van der Waals surface area contributed by atoms with Gasteiger partial charge in [-0.15, -0.1) is 0 Å². The van der Waals surface area contributed by atoms with Crippen LogP contribution < -0.4 is 10.1 Å². The van der Waals surface area contributed by atoms with Gasteiger partial charge in [0.25, 0.3) is 5.91 Å². The number of hydrogen-bond donors (Lipinski definition) is 1. The molecule has 0 heterocycles. The van der Waals surface area contributed by atoms with Crippen molar-refractivity contribution in [2.45, 2.75) is 13.1 Å².